The second-order valence-electron chi connectivity index (χ2n) is 5.20. The van der Waals surface area contributed by atoms with Crippen molar-refractivity contribution in [3.63, 3.8) is 0 Å². The largest absolute Gasteiger partial charge is 0.474 e. The van der Waals surface area contributed by atoms with E-state index in [0.29, 0.717) is 17.1 Å². The van der Waals surface area contributed by atoms with Crippen LogP contribution in [0.2, 0.25) is 0 Å². The van der Waals surface area contributed by atoms with E-state index in [2.05, 4.69) is 20.5 Å². The average Bonchev–Trinajstić information content (AvgIpc) is 3.01. The Morgan fingerprint density at radius 3 is 2.95 bits per heavy atom. The van der Waals surface area contributed by atoms with E-state index in [1.54, 1.807) is 30.7 Å². The molecule has 6 nitrogen and oxygen atoms in total. The van der Waals surface area contributed by atoms with Crippen molar-refractivity contribution < 1.29 is 9.53 Å². The Morgan fingerprint density at radius 1 is 1.33 bits per heavy atom. The summed E-state index contributed by atoms with van der Waals surface area (Å²) in [6, 6.07) is 3.35. The zero-order chi connectivity index (χ0) is 14.5. The molecule has 110 valence electrons. The molecule has 0 aliphatic heterocycles. The summed E-state index contributed by atoms with van der Waals surface area (Å²) in [6.45, 7) is 0. The summed E-state index contributed by atoms with van der Waals surface area (Å²) in [5.41, 5.74) is 1.16. The maximum atomic E-state index is 12.1. The lowest BCUT2D eigenvalue weighted by Gasteiger charge is -2.22. The van der Waals surface area contributed by atoms with Gasteiger partial charge in [0.15, 0.2) is 0 Å². The summed E-state index contributed by atoms with van der Waals surface area (Å²) in [5, 5.41) is 9.19. The fraction of sp³-hybridized carbons (Fsp3) is 0.400. The second kappa shape index (κ2) is 6.39. The average molecular weight is 286 g/mol. The molecule has 1 saturated carbocycles. The van der Waals surface area contributed by atoms with Gasteiger partial charge < -0.3 is 10.1 Å². The van der Waals surface area contributed by atoms with Gasteiger partial charge in [-0.25, -0.2) is 4.98 Å². The number of amides is 1. The molecule has 1 aliphatic rings. The first-order valence-corrected chi connectivity index (χ1v) is 7.24. The highest BCUT2D eigenvalue weighted by atomic mass is 16.5. The van der Waals surface area contributed by atoms with E-state index in [1.807, 2.05) is 0 Å². The number of hydrogen-bond donors (Lipinski definition) is 2. The van der Waals surface area contributed by atoms with Crippen molar-refractivity contribution in [2.45, 2.75) is 38.2 Å². The fourth-order valence-electron chi connectivity index (χ4n) is 2.49. The molecule has 0 atom stereocenters. The molecule has 0 spiro atoms. The van der Waals surface area contributed by atoms with E-state index >= 15 is 0 Å². The van der Waals surface area contributed by atoms with Crippen molar-refractivity contribution in [3.05, 3.63) is 36.3 Å². The number of nitrogens with one attached hydrogen (secondary N) is 2. The lowest BCUT2D eigenvalue weighted by molar-refractivity contribution is 0.102. The second-order valence-corrected chi connectivity index (χ2v) is 5.20. The summed E-state index contributed by atoms with van der Waals surface area (Å²) in [5.74, 6) is 0.314. The Balaban J connectivity index is 1.66. The summed E-state index contributed by atoms with van der Waals surface area (Å²) < 4.78 is 5.87. The van der Waals surface area contributed by atoms with E-state index < -0.39 is 0 Å². The highest BCUT2D eigenvalue weighted by Crippen LogP contribution is 2.22. The van der Waals surface area contributed by atoms with Gasteiger partial charge in [0.2, 0.25) is 5.88 Å². The number of pyridine rings is 1. The van der Waals surface area contributed by atoms with Gasteiger partial charge in [-0.05, 0) is 31.7 Å². The van der Waals surface area contributed by atoms with Gasteiger partial charge in [-0.15, -0.1) is 0 Å². The predicted octanol–water partition coefficient (Wildman–Crippen LogP) is 2.77. The van der Waals surface area contributed by atoms with Crippen LogP contribution in [0.25, 0.3) is 0 Å². The van der Waals surface area contributed by atoms with Crippen molar-refractivity contribution in [3.8, 4) is 5.88 Å². The number of aromatic nitrogens is 3. The van der Waals surface area contributed by atoms with Crippen LogP contribution in [-0.2, 0) is 0 Å². The quantitative estimate of drug-likeness (QED) is 0.905. The lowest BCUT2D eigenvalue weighted by atomic mass is 9.98. The molecule has 1 amide bonds. The molecule has 0 bridgehead atoms. The zero-order valence-corrected chi connectivity index (χ0v) is 11.7. The standard InChI is InChI=1S/C15H18N4O2/c20-15(19-12-9-17-18-10-12)11-6-7-16-14(8-11)21-13-4-2-1-3-5-13/h6-10,13H,1-5H2,(H,17,18)(H,19,20). The van der Waals surface area contributed by atoms with Gasteiger partial charge in [0.25, 0.3) is 5.91 Å². The van der Waals surface area contributed by atoms with E-state index in [9.17, 15) is 4.79 Å². The Kier molecular flexibility index (Phi) is 4.14. The van der Waals surface area contributed by atoms with Crippen LogP contribution >= 0.6 is 0 Å². The van der Waals surface area contributed by atoms with Crippen molar-refractivity contribution >= 4 is 11.6 Å². The topological polar surface area (TPSA) is 79.9 Å². The number of hydrogen-bond acceptors (Lipinski definition) is 4. The minimum atomic E-state index is -0.202. The van der Waals surface area contributed by atoms with Crippen LogP contribution in [-0.4, -0.2) is 27.2 Å². The molecule has 0 unspecified atom stereocenters. The Hall–Kier alpha value is -2.37. The highest BCUT2D eigenvalue weighted by molar-refractivity contribution is 6.04. The number of aromatic amines is 1. The number of ether oxygens (including phenoxy) is 1. The highest BCUT2D eigenvalue weighted by Gasteiger charge is 2.16. The summed E-state index contributed by atoms with van der Waals surface area (Å²) in [6.07, 6.45) is 10.8. The normalized spacial score (nSPS) is 15.6. The van der Waals surface area contributed by atoms with Crippen LogP contribution in [0.4, 0.5) is 5.69 Å². The van der Waals surface area contributed by atoms with Gasteiger partial charge in [0, 0.05) is 24.0 Å². The maximum Gasteiger partial charge on any atom is 0.256 e. The third-order valence-electron chi connectivity index (χ3n) is 3.59. The first-order chi connectivity index (χ1) is 10.3. The van der Waals surface area contributed by atoms with Crippen molar-refractivity contribution in [1.29, 1.82) is 0 Å². The fourth-order valence-corrected chi connectivity index (χ4v) is 2.49. The van der Waals surface area contributed by atoms with Gasteiger partial charge in [0.1, 0.15) is 6.10 Å². The summed E-state index contributed by atoms with van der Waals surface area (Å²) in [4.78, 5) is 16.3. The van der Waals surface area contributed by atoms with Gasteiger partial charge in [-0.1, -0.05) is 6.42 Å². The summed E-state index contributed by atoms with van der Waals surface area (Å²) >= 11 is 0. The van der Waals surface area contributed by atoms with E-state index in [0.717, 1.165) is 12.8 Å². The van der Waals surface area contributed by atoms with Gasteiger partial charge in [-0.3, -0.25) is 9.89 Å². The number of carbonyl (C=O) groups excluding carboxylic acids is 1. The van der Waals surface area contributed by atoms with Crippen molar-refractivity contribution in [2.75, 3.05) is 5.32 Å². The smallest absolute Gasteiger partial charge is 0.256 e. The number of rotatable bonds is 4. The van der Waals surface area contributed by atoms with Crippen LogP contribution in [0.1, 0.15) is 42.5 Å². The molecule has 0 aromatic carbocycles. The lowest BCUT2D eigenvalue weighted by Crippen LogP contribution is -2.20. The molecule has 2 heterocycles. The monoisotopic (exact) mass is 286 g/mol. The molecule has 1 fully saturated rings. The first kappa shape index (κ1) is 13.6. The van der Waals surface area contributed by atoms with Crippen LogP contribution in [0.3, 0.4) is 0 Å². The van der Waals surface area contributed by atoms with Gasteiger partial charge in [0.05, 0.1) is 11.9 Å². The van der Waals surface area contributed by atoms with Crippen molar-refractivity contribution in [2.24, 2.45) is 0 Å². The Labute approximate surface area is 122 Å². The molecule has 2 aromatic heterocycles. The molecule has 1 aliphatic carbocycles. The SMILES string of the molecule is O=C(Nc1cn[nH]c1)c1ccnc(OC2CCCCC2)c1. The van der Waals surface area contributed by atoms with E-state index in [4.69, 9.17) is 4.74 Å². The zero-order valence-electron chi connectivity index (χ0n) is 11.7. The molecule has 2 aromatic rings. The number of nitrogens with zero attached hydrogens (tertiary/aromatic N) is 2. The van der Waals surface area contributed by atoms with Crippen LogP contribution in [0.15, 0.2) is 30.7 Å². The minimum Gasteiger partial charge on any atom is -0.474 e. The third kappa shape index (κ3) is 3.59. The first-order valence-electron chi connectivity index (χ1n) is 7.24. The number of H-pyrrole nitrogens is 1. The Bertz CT molecular complexity index is 591. The van der Waals surface area contributed by atoms with Crippen LogP contribution < -0.4 is 10.1 Å². The predicted molar refractivity (Wildman–Crippen MR) is 78.3 cm³/mol. The van der Waals surface area contributed by atoms with E-state index in [1.165, 1.54) is 19.3 Å². The number of carbonyl (C=O) groups is 1. The molecule has 0 saturated heterocycles. The Morgan fingerprint density at radius 2 is 2.19 bits per heavy atom. The molecule has 0 radical (unpaired) electrons. The summed E-state index contributed by atoms with van der Waals surface area (Å²) in [7, 11) is 0. The molecule has 21 heavy (non-hydrogen) atoms. The molecular formula is C15H18N4O2. The van der Waals surface area contributed by atoms with Crippen molar-refractivity contribution in [1.82, 2.24) is 15.2 Å². The van der Waals surface area contributed by atoms with Crippen LogP contribution in [0, 0.1) is 0 Å². The third-order valence-corrected chi connectivity index (χ3v) is 3.59. The molecule has 2 N–H and O–H groups in total. The van der Waals surface area contributed by atoms with Gasteiger partial charge >= 0.3 is 0 Å². The maximum absolute atomic E-state index is 12.1. The minimum absolute atomic E-state index is 0.202. The number of anilines is 1. The molecule has 6 heteroatoms. The van der Waals surface area contributed by atoms with E-state index in [-0.39, 0.29) is 12.0 Å². The van der Waals surface area contributed by atoms with Gasteiger partial charge in [-0.2, -0.15) is 5.10 Å². The van der Waals surface area contributed by atoms with Crippen LogP contribution in [0.5, 0.6) is 5.88 Å². The molecular weight excluding hydrogens is 268 g/mol. The molecule has 3 rings (SSSR count).